The van der Waals surface area contributed by atoms with Gasteiger partial charge in [-0.05, 0) is 42.3 Å². The lowest BCUT2D eigenvalue weighted by atomic mass is 10.1. The fourth-order valence-corrected chi connectivity index (χ4v) is 2.09. The molecule has 0 bridgehead atoms. The zero-order chi connectivity index (χ0) is 13.8. The monoisotopic (exact) mass is 256 g/mol. The summed E-state index contributed by atoms with van der Waals surface area (Å²) in [5, 5.41) is 0. The lowest BCUT2D eigenvalue weighted by Gasteiger charge is -2.23. The summed E-state index contributed by atoms with van der Waals surface area (Å²) in [5.41, 5.74) is 9.98. The van der Waals surface area contributed by atoms with E-state index in [-0.39, 0.29) is 0 Å². The number of hydrogen-bond acceptors (Lipinski definition) is 3. The van der Waals surface area contributed by atoms with E-state index in [0.29, 0.717) is 0 Å². The van der Waals surface area contributed by atoms with Crippen molar-refractivity contribution in [3.63, 3.8) is 0 Å². The minimum Gasteiger partial charge on any atom is -0.495 e. The summed E-state index contributed by atoms with van der Waals surface area (Å²) in [4.78, 5) is 2.09. The quantitative estimate of drug-likeness (QED) is 0.849. The topological polar surface area (TPSA) is 38.5 Å². The summed E-state index contributed by atoms with van der Waals surface area (Å²) in [6.45, 7) is 2.14. The Kier molecular flexibility index (Phi) is 3.95. The maximum absolute atomic E-state index is 5.84. The van der Waals surface area contributed by atoms with E-state index in [1.54, 1.807) is 7.11 Å². The van der Waals surface area contributed by atoms with Crippen LogP contribution in [0.5, 0.6) is 5.75 Å². The first kappa shape index (κ1) is 13.3. The average molecular weight is 256 g/mol. The summed E-state index contributed by atoms with van der Waals surface area (Å²) in [6, 6.07) is 14.1. The number of benzene rings is 2. The van der Waals surface area contributed by atoms with Crippen molar-refractivity contribution < 1.29 is 4.74 Å². The SMILES string of the molecule is CCc1ccc(OC)c(N(C)c2cccc(N)c2)c1. The molecular formula is C16H20N2O. The normalized spacial score (nSPS) is 10.3. The van der Waals surface area contributed by atoms with Crippen molar-refractivity contribution >= 4 is 17.1 Å². The molecule has 2 N–H and O–H groups in total. The van der Waals surface area contributed by atoms with Crippen LogP contribution in [0, 0.1) is 0 Å². The van der Waals surface area contributed by atoms with Crippen molar-refractivity contribution in [3.8, 4) is 5.75 Å². The molecule has 0 amide bonds. The van der Waals surface area contributed by atoms with Gasteiger partial charge in [0.25, 0.3) is 0 Å². The van der Waals surface area contributed by atoms with Crippen molar-refractivity contribution in [2.24, 2.45) is 0 Å². The molecule has 2 rings (SSSR count). The Bertz CT molecular complexity index is 566. The molecule has 0 spiro atoms. The second-order valence-corrected chi connectivity index (χ2v) is 4.51. The van der Waals surface area contributed by atoms with Crippen LogP contribution < -0.4 is 15.4 Å². The first-order valence-electron chi connectivity index (χ1n) is 6.42. The molecule has 2 aromatic carbocycles. The Balaban J connectivity index is 2.44. The molecule has 0 aliphatic rings. The standard InChI is InChI=1S/C16H20N2O/c1-4-12-8-9-16(19-3)15(10-12)18(2)14-7-5-6-13(17)11-14/h5-11H,4,17H2,1-3H3. The minimum absolute atomic E-state index is 0.759. The Labute approximate surface area is 114 Å². The van der Waals surface area contributed by atoms with Crippen LogP contribution in [0.3, 0.4) is 0 Å². The predicted octanol–water partition coefficient (Wildman–Crippen LogP) is 3.61. The van der Waals surface area contributed by atoms with Crippen LogP contribution in [0.25, 0.3) is 0 Å². The maximum atomic E-state index is 5.84. The molecule has 0 heterocycles. The van der Waals surface area contributed by atoms with E-state index in [1.807, 2.05) is 37.4 Å². The van der Waals surface area contributed by atoms with E-state index in [9.17, 15) is 0 Å². The summed E-state index contributed by atoms with van der Waals surface area (Å²) >= 11 is 0. The molecule has 0 aromatic heterocycles. The van der Waals surface area contributed by atoms with Crippen LogP contribution >= 0.6 is 0 Å². The fourth-order valence-electron chi connectivity index (χ4n) is 2.09. The fraction of sp³-hybridized carbons (Fsp3) is 0.250. The predicted molar refractivity (Wildman–Crippen MR) is 81.3 cm³/mol. The van der Waals surface area contributed by atoms with Crippen LogP contribution in [-0.2, 0) is 6.42 Å². The van der Waals surface area contributed by atoms with Crippen LogP contribution in [0.15, 0.2) is 42.5 Å². The number of nitrogens with two attached hydrogens (primary N) is 1. The highest BCUT2D eigenvalue weighted by Gasteiger charge is 2.11. The largest absolute Gasteiger partial charge is 0.495 e. The van der Waals surface area contributed by atoms with Gasteiger partial charge < -0.3 is 15.4 Å². The van der Waals surface area contributed by atoms with E-state index in [1.165, 1.54) is 5.56 Å². The third-order valence-corrected chi connectivity index (χ3v) is 3.27. The van der Waals surface area contributed by atoms with E-state index in [0.717, 1.165) is 29.2 Å². The Morgan fingerprint density at radius 1 is 1.16 bits per heavy atom. The number of ether oxygens (including phenoxy) is 1. The van der Waals surface area contributed by atoms with Crippen molar-refractivity contribution in [1.82, 2.24) is 0 Å². The van der Waals surface area contributed by atoms with Crippen molar-refractivity contribution in [3.05, 3.63) is 48.0 Å². The zero-order valence-corrected chi connectivity index (χ0v) is 11.7. The molecule has 0 saturated carbocycles. The molecule has 0 aliphatic heterocycles. The lowest BCUT2D eigenvalue weighted by molar-refractivity contribution is 0.415. The van der Waals surface area contributed by atoms with Gasteiger partial charge in [0, 0.05) is 18.4 Å². The Hall–Kier alpha value is -2.16. The van der Waals surface area contributed by atoms with Crippen LogP contribution in [-0.4, -0.2) is 14.2 Å². The van der Waals surface area contributed by atoms with Gasteiger partial charge >= 0.3 is 0 Å². The van der Waals surface area contributed by atoms with Gasteiger partial charge in [-0.2, -0.15) is 0 Å². The summed E-state index contributed by atoms with van der Waals surface area (Å²) in [6.07, 6.45) is 1.00. The number of nitrogens with zero attached hydrogens (tertiary/aromatic N) is 1. The number of methoxy groups -OCH3 is 1. The number of rotatable bonds is 4. The van der Waals surface area contributed by atoms with Crippen LogP contribution in [0.4, 0.5) is 17.1 Å². The van der Waals surface area contributed by atoms with E-state index in [2.05, 4.69) is 24.0 Å². The molecule has 100 valence electrons. The molecule has 2 aromatic rings. The van der Waals surface area contributed by atoms with E-state index >= 15 is 0 Å². The van der Waals surface area contributed by atoms with E-state index in [4.69, 9.17) is 10.5 Å². The third-order valence-electron chi connectivity index (χ3n) is 3.27. The highest BCUT2D eigenvalue weighted by molar-refractivity contribution is 5.71. The van der Waals surface area contributed by atoms with Gasteiger partial charge in [-0.15, -0.1) is 0 Å². The number of nitrogen functional groups attached to an aromatic ring is 1. The maximum Gasteiger partial charge on any atom is 0.142 e. The summed E-state index contributed by atoms with van der Waals surface area (Å²) in [7, 11) is 3.71. The Morgan fingerprint density at radius 3 is 2.58 bits per heavy atom. The van der Waals surface area contributed by atoms with Crippen molar-refractivity contribution in [1.29, 1.82) is 0 Å². The first-order valence-corrected chi connectivity index (χ1v) is 6.42. The van der Waals surface area contributed by atoms with Gasteiger partial charge in [0.1, 0.15) is 5.75 Å². The number of aryl methyl sites for hydroxylation is 1. The highest BCUT2D eigenvalue weighted by atomic mass is 16.5. The molecule has 19 heavy (non-hydrogen) atoms. The van der Waals surface area contributed by atoms with Crippen LogP contribution in [0.2, 0.25) is 0 Å². The van der Waals surface area contributed by atoms with Gasteiger partial charge in [-0.25, -0.2) is 0 Å². The third kappa shape index (κ3) is 2.81. The van der Waals surface area contributed by atoms with Gasteiger partial charge in [0.15, 0.2) is 0 Å². The molecule has 0 radical (unpaired) electrons. The van der Waals surface area contributed by atoms with Gasteiger partial charge in [0.2, 0.25) is 0 Å². The molecule has 0 saturated heterocycles. The second-order valence-electron chi connectivity index (χ2n) is 4.51. The molecule has 0 fully saturated rings. The minimum atomic E-state index is 0.759. The zero-order valence-electron chi connectivity index (χ0n) is 11.7. The second kappa shape index (κ2) is 5.65. The number of hydrogen-bond donors (Lipinski definition) is 1. The average Bonchev–Trinajstić information content (AvgIpc) is 2.45. The van der Waals surface area contributed by atoms with Gasteiger partial charge in [-0.1, -0.05) is 19.1 Å². The molecule has 3 heteroatoms. The van der Waals surface area contributed by atoms with Gasteiger partial charge in [-0.3, -0.25) is 0 Å². The number of anilines is 3. The van der Waals surface area contributed by atoms with E-state index < -0.39 is 0 Å². The summed E-state index contributed by atoms with van der Waals surface area (Å²) < 4.78 is 5.44. The van der Waals surface area contributed by atoms with Crippen LogP contribution in [0.1, 0.15) is 12.5 Å². The molecule has 0 aliphatic carbocycles. The highest BCUT2D eigenvalue weighted by Crippen LogP contribution is 2.34. The molecule has 3 nitrogen and oxygen atoms in total. The lowest BCUT2D eigenvalue weighted by Crippen LogP contribution is -2.11. The smallest absolute Gasteiger partial charge is 0.142 e. The van der Waals surface area contributed by atoms with Crippen molar-refractivity contribution in [2.45, 2.75) is 13.3 Å². The molecule has 0 atom stereocenters. The Morgan fingerprint density at radius 2 is 1.95 bits per heavy atom. The van der Waals surface area contributed by atoms with Crippen molar-refractivity contribution in [2.75, 3.05) is 24.8 Å². The molecular weight excluding hydrogens is 236 g/mol. The molecule has 0 unspecified atom stereocenters. The first-order chi connectivity index (χ1) is 9.15. The summed E-state index contributed by atoms with van der Waals surface area (Å²) in [5.74, 6) is 0.863. The van der Waals surface area contributed by atoms with Gasteiger partial charge in [0.05, 0.1) is 12.8 Å².